The highest BCUT2D eigenvalue weighted by Gasteiger charge is 2.29. The van der Waals surface area contributed by atoms with E-state index in [1.807, 2.05) is 0 Å². The van der Waals surface area contributed by atoms with Gasteiger partial charge in [-0.15, -0.1) is 0 Å². The molecule has 0 aliphatic heterocycles. The van der Waals surface area contributed by atoms with E-state index in [0.29, 0.717) is 11.3 Å². The maximum absolute atomic E-state index is 12.2. The Hall–Kier alpha value is -3.34. The van der Waals surface area contributed by atoms with Crippen molar-refractivity contribution in [1.29, 1.82) is 0 Å². The van der Waals surface area contributed by atoms with E-state index < -0.39 is 42.7 Å². The number of benzene rings is 1. The average Bonchev–Trinajstić information content (AvgIpc) is 2.68. The number of nitrogens with zero attached hydrogens (tertiary/aromatic N) is 3. The van der Waals surface area contributed by atoms with Gasteiger partial charge < -0.3 is 30.3 Å². The van der Waals surface area contributed by atoms with Gasteiger partial charge in [-0.2, -0.15) is 0 Å². The molecule has 152 valence electrons. The number of nitrogens with one attached hydrogen (secondary N) is 2. The second kappa shape index (κ2) is 11.4. The Labute approximate surface area is 160 Å². The van der Waals surface area contributed by atoms with E-state index in [0.717, 1.165) is 0 Å². The Morgan fingerprint density at radius 3 is 2.39 bits per heavy atom. The third kappa shape index (κ3) is 7.11. The van der Waals surface area contributed by atoms with E-state index in [2.05, 4.69) is 20.7 Å². The standard InChI is InChI=1S/C16H21N5O7/c1-9(23)13(15(25)18-12(7-22)14(24)20-21-17)19-16(26)28-8-10-3-5-11(27-2)6-4-10/h3-6,9,12-13,22-23H,7-8H2,1-2H3,(H,18,25)(H,19,26)/t9-,12+,13+/m1/s1. The molecular formula is C16H21N5O7. The molecule has 0 radical (unpaired) electrons. The minimum Gasteiger partial charge on any atom is -0.497 e. The third-order valence-electron chi connectivity index (χ3n) is 3.51. The highest BCUT2D eigenvalue weighted by atomic mass is 16.5. The van der Waals surface area contributed by atoms with Crippen molar-refractivity contribution in [3.8, 4) is 5.75 Å². The molecule has 0 aliphatic carbocycles. The first-order valence-electron chi connectivity index (χ1n) is 8.06. The molecule has 3 atom stereocenters. The maximum atomic E-state index is 12.2. The van der Waals surface area contributed by atoms with Gasteiger partial charge in [0.2, 0.25) is 11.8 Å². The number of aliphatic hydroxyl groups excluding tert-OH is 2. The zero-order valence-electron chi connectivity index (χ0n) is 15.2. The lowest BCUT2D eigenvalue weighted by Crippen LogP contribution is -2.56. The highest BCUT2D eigenvalue weighted by molar-refractivity contribution is 5.92. The van der Waals surface area contributed by atoms with Crippen molar-refractivity contribution in [3.63, 3.8) is 0 Å². The van der Waals surface area contributed by atoms with Crippen LogP contribution >= 0.6 is 0 Å². The van der Waals surface area contributed by atoms with Crippen molar-refractivity contribution in [2.45, 2.75) is 31.7 Å². The van der Waals surface area contributed by atoms with Crippen molar-refractivity contribution in [3.05, 3.63) is 40.3 Å². The van der Waals surface area contributed by atoms with E-state index in [1.165, 1.54) is 14.0 Å². The van der Waals surface area contributed by atoms with Crippen molar-refractivity contribution < 1.29 is 34.1 Å². The van der Waals surface area contributed by atoms with Crippen LogP contribution in [0.5, 0.6) is 5.75 Å². The van der Waals surface area contributed by atoms with Gasteiger partial charge in [-0.3, -0.25) is 9.59 Å². The van der Waals surface area contributed by atoms with Crippen LogP contribution in [0.3, 0.4) is 0 Å². The second-order valence-corrected chi connectivity index (χ2v) is 5.56. The number of aliphatic hydroxyl groups is 2. The monoisotopic (exact) mass is 395 g/mol. The molecule has 0 spiro atoms. The lowest BCUT2D eigenvalue weighted by Gasteiger charge is -2.22. The van der Waals surface area contributed by atoms with Gasteiger partial charge in [-0.05, 0) is 35.3 Å². The predicted octanol–water partition coefficient (Wildman–Crippen LogP) is -0.0152. The predicted molar refractivity (Wildman–Crippen MR) is 95.0 cm³/mol. The van der Waals surface area contributed by atoms with E-state index in [9.17, 15) is 19.5 Å². The van der Waals surface area contributed by atoms with Crippen LogP contribution in [-0.2, 0) is 20.9 Å². The fraction of sp³-hybridized carbons (Fsp3) is 0.438. The quantitative estimate of drug-likeness (QED) is 0.257. The molecule has 1 rings (SSSR count). The molecule has 12 heteroatoms. The molecule has 3 amide bonds. The van der Waals surface area contributed by atoms with Crippen molar-refractivity contribution >= 4 is 17.9 Å². The van der Waals surface area contributed by atoms with Gasteiger partial charge in [0.05, 0.1) is 19.8 Å². The zero-order chi connectivity index (χ0) is 21.1. The number of hydrogen-bond acceptors (Lipinski definition) is 7. The molecule has 0 saturated heterocycles. The fourth-order valence-electron chi connectivity index (χ4n) is 2.01. The fourth-order valence-corrected chi connectivity index (χ4v) is 2.01. The van der Waals surface area contributed by atoms with Crippen LogP contribution in [-0.4, -0.2) is 60.0 Å². The normalized spacial score (nSPS) is 13.3. The van der Waals surface area contributed by atoms with Crippen LogP contribution in [0, 0.1) is 0 Å². The van der Waals surface area contributed by atoms with Crippen molar-refractivity contribution in [1.82, 2.24) is 10.6 Å². The van der Waals surface area contributed by atoms with Gasteiger partial charge >= 0.3 is 6.09 Å². The number of carbonyl (C=O) groups excluding carboxylic acids is 3. The molecule has 1 aromatic rings. The molecular weight excluding hydrogens is 374 g/mol. The van der Waals surface area contributed by atoms with Crippen LogP contribution in [0.2, 0.25) is 0 Å². The molecule has 0 aromatic heterocycles. The maximum Gasteiger partial charge on any atom is 0.408 e. The lowest BCUT2D eigenvalue weighted by atomic mass is 10.1. The Morgan fingerprint density at radius 2 is 1.89 bits per heavy atom. The first-order valence-corrected chi connectivity index (χ1v) is 8.06. The number of rotatable bonds is 9. The third-order valence-corrected chi connectivity index (χ3v) is 3.51. The summed E-state index contributed by atoms with van der Waals surface area (Å²) in [5.41, 5.74) is 8.90. The lowest BCUT2D eigenvalue weighted by molar-refractivity contribution is -0.131. The molecule has 0 fully saturated rings. The SMILES string of the molecule is COc1ccc(COC(=O)N[C@H](C(=O)N[C@@H](CO)C(=O)N=[N+]=[N-])[C@@H](C)O)cc1. The smallest absolute Gasteiger partial charge is 0.408 e. The molecule has 0 bridgehead atoms. The number of azide groups is 1. The second-order valence-electron chi connectivity index (χ2n) is 5.56. The van der Waals surface area contributed by atoms with Crippen LogP contribution < -0.4 is 15.4 Å². The van der Waals surface area contributed by atoms with E-state index in [-0.39, 0.29) is 6.61 Å². The number of amides is 3. The van der Waals surface area contributed by atoms with E-state index in [4.69, 9.17) is 20.1 Å². The van der Waals surface area contributed by atoms with Crippen LogP contribution in [0.4, 0.5) is 4.79 Å². The first-order chi connectivity index (χ1) is 13.3. The van der Waals surface area contributed by atoms with Gasteiger partial charge in [0.25, 0.3) is 0 Å². The van der Waals surface area contributed by atoms with E-state index in [1.54, 1.807) is 24.3 Å². The number of carbonyl (C=O) groups is 3. The van der Waals surface area contributed by atoms with E-state index >= 15 is 0 Å². The van der Waals surface area contributed by atoms with Gasteiger partial charge in [0.1, 0.15) is 24.4 Å². The Morgan fingerprint density at radius 1 is 1.25 bits per heavy atom. The number of methoxy groups -OCH3 is 1. The zero-order valence-corrected chi connectivity index (χ0v) is 15.2. The van der Waals surface area contributed by atoms with Crippen LogP contribution in [0.25, 0.3) is 10.4 Å². The summed E-state index contributed by atoms with van der Waals surface area (Å²) in [5, 5.41) is 25.9. The molecule has 0 unspecified atom stereocenters. The summed E-state index contributed by atoms with van der Waals surface area (Å²) in [6.45, 7) is 0.299. The van der Waals surface area contributed by atoms with Crippen molar-refractivity contribution in [2.75, 3.05) is 13.7 Å². The summed E-state index contributed by atoms with van der Waals surface area (Å²) < 4.78 is 10.00. The minimum atomic E-state index is -1.51. The number of ether oxygens (including phenoxy) is 2. The Kier molecular flexibility index (Phi) is 9.23. The molecule has 4 N–H and O–H groups in total. The van der Waals surface area contributed by atoms with Crippen molar-refractivity contribution in [2.24, 2.45) is 5.11 Å². The first kappa shape index (κ1) is 22.7. The molecule has 0 saturated carbocycles. The summed E-state index contributed by atoms with van der Waals surface area (Å²) in [5.74, 6) is -1.46. The largest absolute Gasteiger partial charge is 0.497 e. The summed E-state index contributed by atoms with van der Waals surface area (Å²) in [6.07, 6.45) is -2.33. The molecule has 1 aromatic carbocycles. The Balaban J connectivity index is 2.66. The average molecular weight is 395 g/mol. The molecule has 28 heavy (non-hydrogen) atoms. The topological polar surface area (TPSA) is 183 Å². The van der Waals surface area contributed by atoms with Gasteiger partial charge in [-0.1, -0.05) is 12.1 Å². The number of hydrogen-bond donors (Lipinski definition) is 4. The Bertz CT molecular complexity index is 731. The summed E-state index contributed by atoms with van der Waals surface area (Å²) >= 11 is 0. The molecule has 0 heterocycles. The summed E-state index contributed by atoms with van der Waals surface area (Å²) in [6, 6.07) is 3.73. The van der Waals surface area contributed by atoms with Crippen LogP contribution in [0.15, 0.2) is 29.4 Å². The summed E-state index contributed by atoms with van der Waals surface area (Å²) in [7, 11) is 1.52. The summed E-state index contributed by atoms with van der Waals surface area (Å²) in [4.78, 5) is 37.8. The molecule has 0 aliphatic rings. The highest BCUT2D eigenvalue weighted by Crippen LogP contribution is 2.12. The minimum absolute atomic E-state index is 0.0986. The molecule has 12 nitrogen and oxygen atoms in total. The van der Waals surface area contributed by atoms with Gasteiger partial charge in [0, 0.05) is 4.91 Å². The number of alkyl carbamates (subject to hydrolysis) is 1. The van der Waals surface area contributed by atoms with Gasteiger partial charge in [-0.25, -0.2) is 4.79 Å². The van der Waals surface area contributed by atoms with Gasteiger partial charge in [0.15, 0.2) is 0 Å². The van der Waals surface area contributed by atoms with Crippen LogP contribution in [0.1, 0.15) is 12.5 Å².